The van der Waals surface area contributed by atoms with E-state index in [1.54, 1.807) is 24.3 Å². The van der Waals surface area contributed by atoms with Crippen molar-refractivity contribution in [3.63, 3.8) is 0 Å². The smallest absolute Gasteiger partial charge is 0.160 e. The van der Waals surface area contributed by atoms with Crippen LogP contribution in [0.4, 0.5) is 8.78 Å². The van der Waals surface area contributed by atoms with Crippen LogP contribution in [-0.4, -0.2) is 0 Å². The van der Waals surface area contributed by atoms with Crippen LogP contribution < -0.4 is 4.74 Å². The van der Waals surface area contributed by atoms with Crippen molar-refractivity contribution in [3.05, 3.63) is 89.5 Å². The first-order valence-corrected chi connectivity index (χ1v) is 7.33. The lowest BCUT2D eigenvalue weighted by atomic mass is 10.00. The molecule has 0 atom stereocenters. The van der Waals surface area contributed by atoms with Crippen molar-refractivity contribution >= 4 is 0 Å². The average molecular weight is 321 g/mol. The van der Waals surface area contributed by atoms with Crippen LogP contribution in [-0.2, 0) is 6.61 Å². The van der Waals surface area contributed by atoms with Gasteiger partial charge in [0.15, 0.2) is 11.6 Å². The summed E-state index contributed by atoms with van der Waals surface area (Å²) in [6, 6.07) is 20.5. The van der Waals surface area contributed by atoms with Crippen LogP contribution in [0.25, 0.3) is 11.1 Å². The van der Waals surface area contributed by atoms with Crippen molar-refractivity contribution in [1.82, 2.24) is 0 Å². The van der Waals surface area contributed by atoms with Gasteiger partial charge in [-0.15, -0.1) is 0 Å². The van der Waals surface area contributed by atoms with Gasteiger partial charge in [-0.25, -0.2) is 8.78 Å². The summed E-state index contributed by atoms with van der Waals surface area (Å²) in [6.45, 7) is 0.439. The molecule has 0 aliphatic rings. The molecule has 24 heavy (non-hydrogen) atoms. The number of benzene rings is 3. The van der Waals surface area contributed by atoms with Gasteiger partial charge in [0.2, 0.25) is 0 Å². The standard InChI is InChI=1S/C20H13F2NO/c21-19-10-16(12-23)18(11-20(19)22)15-6-8-17(9-7-15)24-13-14-4-2-1-3-5-14/h1-11H,13H2. The fraction of sp³-hybridized carbons (Fsp3) is 0.0500. The molecule has 118 valence electrons. The second kappa shape index (κ2) is 6.93. The predicted octanol–water partition coefficient (Wildman–Crippen LogP) is 5.08. The maximum absolute atomic E-state index is 13.5. The van der Waals surface area contributed by atoms with Crippen molar-refractivity contribution in [3.8, 4) is 22.9 Å². The number of rotatable bonds is 4. The molecule has 4 heteroatoms. The summed E-state index contributed by atoms with van der Waals surface area (Å²) in [5.41, 5.74) is 2.12. The van der Waals surface area contributed by atoms with E-state index >= 15 is 0 Å². The van der Waals surface area contributed by atoms with E-state index in [1.807, 2.05) is 36.4 Å². The van der Waals surface area contributed by atoms with Crippen molar-refractivity contribution in [1.29, 1.82) is 5.26 Å². The topological polar surface area (TPSA) is 33.0 Å². The van der Waals surface area contributed by atoms with Gasteiger partial charge in [-0.2, -0.15) is 5.26 Å². The maximum atomic E-state index is 13.5. The van der Waals surface area contributed by atoms with Crippen LogP contribution in [0.15, 0.2) is 66.7 Å². The Bertz CT molecular complexity index is 884. The zero-order chi connectivity index (χ0) is 16.9. The fourth-order valence-corrected chi connectivity index (χ4v) is 2.35. The Balaban J connectivity index is 1.80. The molecule has 0 radical (unpaired) electrons. The molecule has 0 aliphatic carbocycles. The Morgan fingerprint density at radius 3 is 2.21 bits per heavy atom. The minimum absolute atomic E-state index is 0.0897. The van der Waals surface area contributed by atoms with Crippen molar-refractivity contribution in [2.75, 3.05) is 0 Å². The minimum Gasteiger partial charge on any atom is -0.489 e. The van der Waals surface area contributed by atoms with Gasteiger partial charge in [0.25, 0.3) is 0 Å². The summed E-state index contributed by atoms with van der Waals surface area (Å²) in [5, 5.41) is 9.10. The molecular formula is C20H13F2NO. The zero-order valence-electron chi connectivity index (χ0n) is 12.7. The van der Waals surface area contributed by atoms with Crippen LogP contribution in [0.1, 0.15) is 11.1 Å². The van der Waals surface area contributed by atoms with Gasteiger partial charge >= 0.3 is 0 Å². The highest BCUT2D eigenvalue weighted by Gasteiger charge is 2.11. The molecule has 0 fully saturated rings. The number of hydrogen-bond acceptors (Lipinski definition) is 2. The number of hydrogen-bond donors (Lipinski definition) is 0. The lowest BCUT2D eigenvalue weighted by Crippen LogP contribution is -1.95. The molecule has 0 bridgehead atoms. The molecule has 3 rings (SSSR count). The summed E-state index contributed by atoms with van der Waals surface area (Å²) >= 11 is 0. The Labute approximate surface area is 138 Å². The Hall–Kier alpha value is -3.19. The van der Waals surface area contributed by atoms with E-state index in [4.69, 9.17) is 10.00 Å². The third kappa shape index (κ3) is 3.41. The van der Waals surface area contributed by atoms with E-state index in [1.165, 1.54) is 0 Å². The monoisotopic (exact) mass is 321 g/mol. The summed E-state index contributed by atoms with van der Waals surface area (Å²) < 4.78 is 32.4. The van der Waals surface area contributed by atoms with E-state index in [2.05, 4.69) is 0 Å². The van der Waals surface area contributed by atoms with Crippen LogP contribution in [0.3, 0.4) is 0 Å². The van der Waals surface area contributed by atoms with Gasteiger partial charge in [0.1, 0.15) is 12.4 Å². The highest BCUT2D eigenvalue weighted by Crippen LogP contribution is 2.27. The van der Waals surface area contributed by atoms with Gasteiger partial charge in [0.05, 0.1) is 11.6 Å². The molecular weight excluding hydrogens is 308 g/mol. The molecule has 0 amide bonds. The Morgan fingerprint density at radius 2 is 1.54 bits per heavy atom. The number of halogens is 2. The third-order valence-electron chi connectivity index (χ3n) is 3.59. The van der Waals surface area contributed by atoms with Crippen molar-refractivity contribution in [2.24, 2.45) is 0 Å². The second-order valence-electron chi connectivity index (χ2n) is 5.22. The van der Waals surface area contributed by atoms with E-state index < -0.39 is 11.6 Å². The number of nitriles is 1. The molecule has 3 aromatic carbocycles. The molecule has 0 N–H and O–H groups in total. The minimum atomic E-state index is -1.03. The second-order valence-corrected chi connectivity index (χ2v) is 5.22. The lowest BCUT2D eigenvalue weighted by Gasteiger charge is -2.09. The zero-order valence-corrected chi connectivity index (χ0v) is 12.7. The fourth-order valence-electron chi connectivity index (χ4n) is 2.35. The first-order chi connectivity index (χ1) is 11.7. The van der Waals surface area contributed by atoms with Gasteiger partial charge in [-0.1, -0.05) is 42.5 Å². The van der Waals surface area contributed by atoms with Crippen LogP contribution >= 0.6 is 0 Å². The summed E-state index contributed by atoms with van der Waals surface area (Å²) in [4.78, 5) is 0. The number of ether oxygens (including phenoxy) is 1. The van der Waals surface area contributed by atoms with Crippen LogP contribution in [0.2, 0.25) is 0 Å². The van der Waals surface area contributed by atoms with E-state index in [0.29, 0.717) is 23.5 Å². The van der Waals surface area contributed by atoms with Crippen LogP contribution in [0, 0.1) is 23.0 Å². The number of nitrogens with zero attached hydrogens (tertiary/aromatic N) is 1. The molecule has 0 spiro atoms. The van der Waals surface area contributed by atoms with Gasteiger partial charge < -0.3 is 4.74 Å². The molecule has 0 aromatic heterocycles. The molecule has 0 saturated heterocycles. The Kier molecular flexibility index (Phi) is 4.53. The summed E-state index contributed by atoms with van der Waals surface area (Å²) in [7, 11) is 0. The van der Waals surface area contributed by atoms with Gasteiger partial charge in [-0.05, 0) is 35.4 Å². The van der Waals surface area contributed by atoms with Crippen LogP contribution in [0.5, 0.6) is 5.75 Å². The largest absolute Gasteiger partial charge is 0.489 e. The first-order valence-electron chi connectivity index (χ1n) is 7.33. The lowest BCUT2D eigenvalue weighted by molar-refractivity contribution is 0.306. The highest BCUT2D eigenvalue weighted by molar-refractivity contribution is 5.71. The van der Waals surface area contributed by atoms with Gasteiger partial charge in [-0.3, -0.25) is 0 Å². The normalized spacial score (nSPS) is 10.2. The van der Waals surface area contributed by atoms with E-state index in [9.17, 15) is 8.78 Å². The quantitative estimate of drug-likeness (QED) is 0.671. The summed E-state index contributed by atoms with van der Waals surface area (Å²) in [5.74, 6) is -1.35. The first kappa shape index (κ1) is 15.7. The summed E-state index contributed by atoms with van der Waals surface area (Å²) in [6.07, 6.45) is 0. The molecule has 2 nitrogen and oxygen atoms in total. The molecule has 0 unspecified atom stereocenters. The molecule has 0 heterocycles. The highest BCUT2D eigenvalue weighted by atomic mass is 19.2. The SMILES string of the molecule is N#Cc1cc(F)c(F)cc1-c1ccc(OCc2ccccc2)cc1. The average Bonchev–Trinajstić information content (AvgIpc) is 2.63. The van der Waals surface area contributed by atoms with E-state index in [-0.39, 0.29) is 5.56 Å². The Morgan fingerprint density at radius 1 is 0.875 bits per heavy atom. The van der Waals surface area contributed by atoms with E-state index in [0.717, 1.165) is 17.7 Å². The third-order valence-corrected chi connectivity index (χ3v) is 3.59. The van der Waals surface area contributed by atoms with Gasteiger partial charge in [0, 0.05) is 5.56 Å². The molecule has 0 aliphatic heterocycles. The predicted molar refractivity (Wildman–Crippen MR) is 87.3 cm³/mol. The molecule has 0 saturated carbocycles. The molecule has 3 aromatic rings. The van der Waals surface area contributed by atoms with Crippen molar-refractivity contribution < 1.29 is 13.5 Å². The maximum Gasteiger partial charge on any atom is 0.160 e. The van der Waals surface area contributed by atoms with Crippen molar-refractivity contribution in [2.45, 2.75) is 6.61 Å².